The molecule has 13 heavy (non-hydrogen) atoms. The Bertz CT molecular complexity index is 322. The molecule has 1 nitrogen and oxygen atoms in total. The van der Waals surface area contributed by atoms with Gasteiger partial charge in [-0.2, -0.15) is 12.6 Å². The monoisotopic (exact) mass is 192 g/mol. The van der Waals surface area contributed by atoms with Crippen LogP contribution in [0, 0.1) is 11.8 Å². The smallest absolute Gasteiger partial charge is 0.134 e. The van der Waals surface area contributed by atoms with Gasteiger partial charge in [0.25, 0.3) is 0 Å². The number of para-hydroxylation sites is 1. The molecule has 1 aromatic rings. The first-order chi connectivity index (χ1) is 6.38. The van der Waals surface area contributed by atoms with Crippen molar-refractivity contribution in [2.45, 2.75) is 6.92 Å². The molecule has 0 saturated heterocycles. The molecule has 0 aromatic heterocycles. The number of thiol groups is 1. The van der Waals surface area contributed by atoms with Crippen LogP contribution < -0.4 is 4.74 Å². The van der Waals surface area contributed by atoms with Gasteiger partial charge in [0, 0.05) is 0 Å². The van der Waals surface area contributed by atoms with Crippen molar-refractivity contribution in [2.75, 3.05) is 12.4 Å². The third-order valence-electron chi connectivity index (χ3n) is 1.49. The van der Waals surface area contributed by atoms with Crippen LogP contribution in [0.5, 0.6) is 5.75 Å². The largest absolute Gasteiger partial charge is 0.493 e. The standard InChI is InChI=1S/C11H12OS/c1-2-12-11-8-4-3-6-10(11)7-5-9-13/h3-4,6,8,13H,2,9H2,1H3. The first kappa shape index (κ1) is 10.0. The van der Waals surface area contributed by atoms with Gasteiger partial charge in [0.2, 0.25) is 0 Å². The van der Waals surface area contributed by atoms with Crippen molar-refractivity contribution in [1.82, 2.24) is 0 Å². The minimum Gasteiger partial charge on any atom is -0.493 e. The maximum atomic E-state index is 5.41. The third kappa shape index (κ3) is 3.04. The number of ether oxygens (including phenoxy) is 1. The lowest BCUT2D eigenvalue weighted by molar-refractivity contribution is 0.339. The molecular formula is C11H12OS. The maximum Gasteiger partial charge on any atom is 0.134 e. The van der Waals surface area contributed by atoms with Crippen LogP contribution in [0.3, 0.4) is 0 Å². The van der Waals surface area contributed by atoms with Crippen molar-refractivity contribution in [3.63, 3.8) is 0 Å². The first-order valence-corrected chi connectivity index (χ1v) is 4.83. The maximum absolute atomic E-state index is 5.41. The molecular weight excluding hydrogens is 180 g/mol. The summed E-state index contributed by atoms with van der Waals surface area (Å²) in [6.45, 7) is 2.63. The van der Waals surface area contributed by atoms with E-state index in [-0.39, 0.29) is 0 Å². The molecule has 0 radical (unpaired) electrons. The SMILES string of the molecule is CCOc1ccccc1C#CCS. The van der Waals surface area contributed by atoms with Gasteiger partial charge in [0.05, 0.1) is 17.9 Å². The number of benzene rings is 1. The van der Waals surface area contributed by atoms with E-state index < -0.39 is 0 Å². The average molecular weight is 192 g/mol. The molecule has 0 saturated carbocycles. The van der Waals surface area contributed by atoms with Crippen molar-refractivity contribution >= 4 is 12.6 Å². The molecule has 1 rings (SSSR count). The molecule has 0 spiro atoms. The van der Waals surface area contributed by atoms with E-state index in [9.17, 15) is 0 Å². The molecule has 0 heterocycles. The lowest BCUT2D eigenvalue weighted by Gasteiger charge is -2.04. The van der Waals surface area contributed by atoms with E-state index in [0.717, 1.165) is 11.3 Å². The van der Waals surface area contributed by atoms with Crippen LogP contribution in [-0.4, -0.2) is 12.4 Å². The zero-order valence-electron chi connectivity index (χ0n) is 7.58. The zero-order valence-corrected chi connectivity index (χ0v) is 8.47. The second kappa shape index (κ2) is 5.55. The van der Waals surface area contributed by atoms with Crippen molar-refractivity contribution in [2.24, 2.45) is 0 Å². The van der Waals surface area contributed by atoms with Gasteiger partial charge in [-0.25, -0.2) is 0 Å². The second-order valence-corrected chi connectivity index (χ2v) is 2.71. The van der Waals surface area contributed by atoms with E-state index in [1.807, 2.05) is 31.2 Å². The van der Waals surface area contributed by atoms with Crippen LogP contribution in [0.1, 0.15) is 12.5 Å². The number of hydrogen-bond donors (Lipinski definition) is 1. The normalized spacial score (nSPS) is 8.77. The summed E-state index contributed by atoms with van der Waals surface area (Å²) in [7, 11) is 0. The summed E-state index contributed by atoms with van der Waals surface area (Å²) in [5.74, 6) is 7.31. The van der Waals surface area contributed by atoms with E-state index in [1.165, 1.54) is 0 Å². The van der Waals surface area contributed by atoms with Crippen LogP contribution in [-0.2, 0) is 0 Å². The van der Waals surface area contributed by atoms with Gasteiger partial charge in [-0.05, 0) is 19.1 Å². The van der Waals surface area contributed by atoms with E-state index >= 15 is 0 Å². The quantitative estimate of drug-likeness (QED) is 0.559. The minimum absolute atomic E-state index is 0.570. The lowest BCUT2D eigenvalue weighted by atomic mass is 10.2. The Morgan fingerprint density at radius 2 is 2.15 bits per heavy atom. The van der Waals surface area contributed by atoms with E-state index in [0.29, 0.717) is 12.4 Å². The Kier molecular flexibility index (Phi) is 4.28. The molecule has 0 amide bonds. The van der Waals surface area contributed by atoms with Gasteiger partial charge in [0.1, 0.15) is 5.75 Å². The van der Waals surface area contributed by atoms with Gasteiger partial charge in [-0.15, -0.1) is 0 Å². The highest BCUT2D eigenvalue weighted by Gasteiger charge is 1.96. The van der Waals surface area contributed by atoms with E-state index in [2.05, 4.69) is 24.5 Å². The summed E-state index contributed by atoms with van der Waals surface area (Å²) < 4.78 is 5.41. The van der Waals surface area contributed by atoms with Crippen molar-refractivity contribution < 1.29 is 4.74 Å². The van der Waals surface area contributed by atoms with E-state index in [1.54, 1.807) is 0 Å². The van der Waals surface area contributed by atoms with Gasteiger partial charge in [-0.1, -0.05) is 24.0 Å². The summed E-state index contributed by atoms with van der Waals surface area (Å²) in [5, 5.41) is 0. The van der Waals surface area contributed by atoms with Gasteiger partial charge < -0.3 is 4.74 Å². The number of rotatable bonds is 2. The summed E-state index contributed by atoms with van der Waals surface area (Å²) in [6, 6.07) is 7.76. The summed E-state index contributed by atoms with van der Waals surface area (Å²) >= 11 is 4.02. The Morgan fingerprint density at radius 1 is 1.38 bits per heavy atom. The fourth-order valence-corrected chi connectivity index (χ4v) is 1.07. The van der Waals surface area contributed by atoms with Crippen LogP contribution in [0.25, 0.3) is 0 Å². The Hall–Kier alpha value is -1.07. The second-order valence-electron chi connectivity index (χ2n) is 2.39. The van der Waals surface area contributed by atoms with E-state index in [4.69, 9.17) is 4.74 Å². The molecule has 0 aliphatic carbocycles. The highest BCUT2D eigenvalue weighted by molar-refractivity contribution is 7.80. The topological polar surface area (TPSA) is 9.23 Å². The molecule has 1 aromatic carbocycles. The van der Waals surface area contributed by atoms with Crippen LogP contribution in [0.2, 0.25) is 0 Å². The zero-order chi connectivity index (χ0) is 9.52. The molecule has 68 valence electrons. The lowest BCUT2D eigenvalue weighted by Crippen LogP contribution is -1.93. The molecule has 2 heteroatoms. The summed E-state index contributed by atoms with van der Waals surface area (Å²) in [5.41, 5.74) is 0.929. The molecule has 0 unspecified atom stereocenters. The highest BCUT2D eigenvalue weighted by Crippen LogP contribution is 2.16. The van der Waals surface area contributed by atoms with Gasteiger partial charge in [0.15, 0.2) is 0 Å². The van der Waals surface area contributed by atoms with Crippen LogP contribution in [0.4, 0.5) is 0 Å². The predicted octanol–water partition coefficient (Wildman–Crippen LogP) is 2.37. The van der Waals surface area contributed by atoms with Crippen molar-refractivity contribution in [3.8, 4) is 17.6 Å². The fraction of sp³-hybridized carbons (Fsp3) is 0.273. The third-order valence-corrected chi connectivity index (χ3v) is 1.65. The van der Waals surface area contributed by atoms with Crippen molar-refractivity contribution in [3.05, 3.63) is 29.8 Å². The molecule has 0 N–H and O–H groups in total. The fourth-order valence-electron chi connectivity index (χ4n) is 0.986. The van der Waals surface area contributed by atoms with Crippen molar-refractivity contribution in [1.29, 1.82) is 0 Å². The average Bonchev–Trinajstić information content (AvgIpc) is 2.17. The Labute approximate surface area is 84.5 Å². The molecule has 0 fully saturated rings. The number of hydrogen-bond acceptors (Lipinski definition) is 2. The molecule has 0 aliphatic rings. The molecule has 0 bridgehead atoms. The highest BCUT2D eigenvalue weighted by atomic mass is 32.1. The summed E-state index contributed by atoms with van der Waals surface area (Å²) in [6.07, 6.45) is 0. The Morgan fingerprint density at radius 3 is 2.85 bits per heavy atom. The first-order valence-electron chi connectivity index (χ1n) is 4.20. The predicted molar refractivity (Wildman–Crippen MR) is 58.3 cm³/mol. The molecule has 0 aliphatic heterocycles. The van der Waals surface area contributed by atoms with Crippen LogP contribution in [0.15, 0.2) is 24.3 Å². The molecule has 0 atom stereocenters. The van der Waals surface area contributed by atoms with Gasteiger partial charge in [-0.3, -0.25) is 0 Å². The Balaban J connectivity index is 2.90. The van der Waals surface area contributed by atoms with Crippen LogP contribution >= 0.6 is 12.6 Å². The minimum atomic E-state index is 0.570. The van der Waals surface area contributed by atoms with Gasteiger partial charge >= 0.3 is 0 Å². The summed E-state index contributed by atoms with van der Waals surface area (Å²) in [4.78, 5) is 0.